The van der Waals surface area contributed by atoms with Crippen LogP contribution in [0.25, 0.3) is 16.6 Å². The van der Waals surface area contributed by atoms with Crippen molar-refractivity contribution in [2.24, 2.45) is 0 Å². The van der Waals surface area contributed by atoms with Crippen molar-refractivity contribution in [1.82, 2.24) is 14.5 Å². The topological polar surface area (TPSA) is 80.5 Å². The first-order chi connectivity index (χ1) is 14.4. The number of aromatic nitrogens is 3. The lowest BCUT2D eigenvalue weighted by Gasteiger charge is -2.27. The molecule has 9 heteroatoms. The van der Waals surface area contributed by atoms with E-state index in [2.05, 4.69) is 9.88 Å². The van der Waals surface area contributed by atoms with Gasteiger partial charge in [-0.2, -0.15) is 0 Å². The van der Waals surface area contributed by atoms with Crippen LogP contribution in [0.4, 0.5) is 5.82 Å². The summed E-state index contributed by atoms with van der Waals surface area (Å²) in [5, 5.41) is 10.6. The summed E-state index contributed by atoms with van der Waals surface area (Å²) in [6, 6.07) is 5.85. The number of hydrogen-bond acceptors (Lipinski definition) is 5. The molecule has 7 nitrogen and oxygen atoms in total. The molecule has 2 aromatic heterocycles. The van der Waals surface area contributed by atoms with Crippen LogP contribution < -0.4 is 4.90 Å². The van der Waals surface area contributed by atoms with Gasteiger partial charge in [-0.25, -0.2) is 9.97 Å². The molecular weight excluding hydrogens is 427 g/mol. The van der Waals surface area contributed by atoms with E-state index >= 15 is 0 Å². The Hall–Kier alpha value is -2.35. The summed E-state index contributed by atoms with van der Waals surface area (Å²) in [5.74, 6) is -0.0707. The van der Waals surface area contributed by atoms with Crippen molar-refractivity contribution >= 4 is 45.9 Å². The molecule has 1 unspecified atom stereocenters. The number of carbonyl (C=O) groups is 1. The number of imidazole rings is 1. The van der Waals surface area contributed by atoms with Crippen LogP contribution in [0.1, 0.15) is 25.0 Å². The van der Waals surface area contributed by atoms with Crippen molar-refractivity contribution in [3.05, 3.63) is 46.5 Å². The number of carboxylic acid groups (broad SMARTS) is 1. The van der Waals surface area contributed by atoms with Crippen molar-refractivity contribution in [3.8, 4) is 5.69 Å². The summed E-state index contributed by atoms with van der Waals surface area (Å²) in [6.45, 7) is 3.43. The second kappa shape index (κ2) is 8.79. The Bertz CT molecular complexity index is 1090. The first-order valence-corrected chi connectivity index (χ1v) is 10.6. The van der Waals surface area contributed by atoms with Gasteiger partial charge in [-0.05, 0) is 31.9 Å². The van der Waals surface area contributed by atoms with Crippen molar-refractivity contribution in [2.75, 3.05) is 24.7 Å². The van der Waals surface area contributed by atoms with Crippen LogP contribution in [0.15, 0.2) is 30.7 Å². The Balaban J connectivity index is 1.71. The monoisotopic (exact) mass is 448 g/mol. The third-order valence-electron chi connectivity index (χ3n) is 5.27. The molecule has 0 amide bonds. The maximum absolute atomic E-state index is 10.7. The van der Waals surface area contributed by atoms with Gasteiger partial charge in [0.25, 0.3) is 0 Å². The number of fused-ring (bicyclic) bond motifs is 1. The molecule has 1 aliphatic rings. The molecule has 0 saturated carbocycles. The average Bonchev–Trinajstić information content (AvgIpc) is 3.36. The van der Waals surface area contributed by atoms with Gasteiger partial charge in [0.05, 0.1) is 58.9 Å². The smallest absolute Gasteiger partial charge is 0.305 e. The lowest BCUT2D eigenvalue weighted by molar-refractivity contribution is -0.138. The maximum atomic E-state index is 10.7. The summed E-state index contributed by atoms with van der Waals surface area (Å²) >= 11 is 12.8. The molecule has 1 aromatic carbocycles. The fourth-order valence-electron chi connectivity index (χ4n) is 3.81. The molecule has 3 aromatic rings. The van der Waals surface area contributed by atoms with Gasteiger partial charge >= 0.3 is 5.97 Å². The Labute approximate surface area is 184 Å². The van der Waals surface area contributed by atoms with Crippen LogP contribution in [-0.4, -0.2) is 51.4 Å². The average molecular weight is 449 g/mol. The Morgan fingerprint density at radius 2 is 2.20 bits per heavy atom. The van der Waals surface area contributed by atoms with Gasteiger partial charge < -0.3 is 19.3 Å². The van der Waals surface area contributed by atoms with Gasteiger partial charge in [-0.3, -0.25) is 4.79 Å². The van der Waals surface area contributed by atoms with Gasteiger partial charge in [0.15, 0.2) is 0 Å². The number of benzene rings is 1. The summed E-state index contributed by atoms with van der Waals surface area (Å²) in [6.07, 6.45) is 5.69. The molecular formula is C21H22Cl2N4O3. The van der Waals surface area contributed by atoms with Crippen molar-refractivity contribution in [1.29, 1.82) is 0 Å². The largest absolute Gasteiger partial charge is 0.481 e. The minimum Gasteiger partial charge on any atom is -0.481 e. The van der Waals surface area contributed by atoms with E-state index in [1.165, 1.54) is 0 Å². The van der Waals surface area contributed by atoms with E-state index in [9.17, 15) is 4.79 Å². The molecule has 1 aliphatic heterocycles. The normalized spacial score (nSPS) is 16.5. The molecule has 0 aliphatic carbocycles. The fourth-order valence-corrected chi connectivity index (χ4v) is 4.17. The summed E-state index contributed by atoms with van der Waals surface area (Å²) in [4.78, 5) is 22.1. The van der Waals surface area contributed by atoms with Crippen LogP contribution in [0.3, 0.4) is 0 Å². The number of carboxylic acids is 1. The minimum atomic E-state index is -0.860. The first kappa shape index (κ1) is 20.9. The van der Waals surface area contributed by atoms with Crippen molar-refractivity contribution in [3.63, 3.8) is 0 Å². The van der Waals surface area contributed by atoms with E-state index in [1.54, 1.807) is 12.4 Å². The van der Waals surface area contributed by atoms with Gasteiger partial charge in [0.2, 0.25) is 0 Å². The third-order valence-corrected chi connectivity index (χ3v) is 6.06. The second-order valence-electron chi connectivity index (χ2n) is 7.39. The molecule has 3 heterocycles. The summed E-state index contributed by atoms with van der Waals surface area (Å²) < 4.78 is 7.58. The zero-order chi connectivity index (χ0) is 21.3. The predicted octanol–water partition coefficient (Wildman–Crippen LogP) is 4.50. The number of rotatable bonds is 7. The molecule has 30 heavy (non-hydrogen) atoms. The van der Waals surface area contributed by atoms with Crippen LogP contribution in [0, 0.1) is 6.92 Å². The Morgan fingerprint density at radius 3 is 2.93 bits per heavy atom. The number of hydrogen-bond donors (Lipinski definition) is 1. The highest BCUT2D eigenvalue weighted by atomic mass is 35.5. The van der Waals surface area contributed by atoms with Crippen LogP contribution in [0.5, 0.6) is 0 Å². The number of aliphatic carboxylic acids is 1. The SMILES string of the molecule is Cc1cn(-c2cc(N3CCCC3COCCC(=O)O)nc3c(Cl)c(Cl)ccc23)cn1. The van der Waals surface area contributed by atoms with Crippen molar-refractivity contribution in [2.45, 2.75) is 32.2 Å². The van der Waals surface area contributed by atoms with Gasteiger partial charge in [0, 0.05) is 24.2 Å². The number of pyridine rings is 1. The van der Waals surface area contributed by atoms with Crippen molar-refractivity contribution < 1.29 is 14.6 Å². The quantitative estimate of drug-likeness (QED) is 0.536. The zero-order valence-corrected chi connectivity index (χ0v) is 18.0. The first-order valence-electron chi connectivity index (χ1n) is 9.80. The van der Waals surface area contributed by atoms with Crippen LogP contribution in [-0.2, 0) is 9.53 Å². The van der Waals surface area contributed by atoms with E-state index in [4.69, 9.17) is 38.0 Å². The van der Waals surface area contributed by atoms with E-state index < -0.39 is 5.97 Å². The lowest BCUT2D eigenvalue weighted by Crippen LogP contribution is -2.34. The highest BCUT2D eigenvalue weighted by Gasteiger charge is 2.27. The molecule has 1 N–H and O–H groups in total. The molecule has 0 radical (unpaired) electrons. The van der Waals surface area contributed by atoms with Gasteiger partial charge in [-0.15, -0.1) is 0 Å². The van der Waals surface area contributed by atoms with Gasteiger partial charge in [-0.1, -0.05) is 23.2 Å². The third kappa shape index (κ3) is 4.24. The Morgan fingerprint density at radius 1 is 1.37 bits per heavy atom. The van der Waals surface area contributed by atoms with Crippen LogP contribution >= 0.6 is 23.2 Å². The number of anilines is 1. The fraction of sp³-hybridized carbons (Fsp3) is 0.381. The highest BCUT2D eigenvalue weighted by molar-refractivity contribution is 6.45. The van der Waals surface area contributed by atoms with Gasteiger partial charge in [0.1, 0.15) is 5.82 Å². The standard InChI is InChI=1S/C21H22Cl2N4O3/c1-13-10-26(12-24-13)17-9-18(25-21-15(17)4-5-16(22)20(21)23)27-7-2-3-14(27)11-30-8-6-19(28)29/h4-5,9-10,12,14H,2-3,6-8,11H2,1H3,(H,28,29). The number of nitrogens with zero attached hydrogens (tertiary/aromatic N) is 4. The van der Waals surface area contributed by atoms with E-state index in [-0.39, 0.29) is 19.1 Å². The van der Waals surface area contributed by atoms with Crippen LogP contribution in [0.2, 0.25) is 10.0 Å². The number of halogens is 2. The molecule has 1 saturated heterocycles. The molecule has 4 rings (SSSR count). The molecule has 0 spiro atoms. The molecule has 1 fully saturated rings. The highest BCUT2D eigenvalue weighted by Crippen LogP contribution is 2.36. The number of ether oxygens (including phenoxy) is 1. The van der Waals surface area contributed by atoms with E-state index in [0.29, 0.717) is 22.2 Å². The zero-order valence-electron chi connectivity index (χ0n) is 16.5. The summed E-state index contributed by atoms with van der Waals surface area (Å²) in [5.41, 5.74) is 2.47. The maximum Gasteiger partial charge on any atom is 0.305 e. The summed E-state index contributed by atoms with van der Waals surface area (Å²) in [7, 11) is 0. The molecule has 0 bridgehead atoms. The van der Waals surface area contributed by atoms with E-state index in [0.717, 1.165) is 42.0 Å². The second-order valence-corrected chi connectivity index (χ2v) is 8.17. The molecule has 158 valence electrons. The lowest BCUT2D eigenvalue weighted by atomic mass is 10.1. The number of aryl methyl sites for hydroxylation is 1. The predicted molar refractivity (Wildman–Crippen MR) is 117 cm³/mol. The minimum absolute atomic E-state index is 0.000813. The Kier molecular flexibility index (Phi) is 6.13. The van der Waals surface area contributed by atoms with E-state index in [1.807, 2.05) is 29.8 Å². The molecule has 1 atom stereocenters.